The summed E-state index contributed by atoms with van der Waals surface area (Å²) in [6.07, 6.45) is 2.24. The van der Waals surface area contributed by atoms with Gasteiger partial charge >= 0.3 is 5.97 Å². The maximum atomic E-state index is 12.0. The first-order valence-corrected chi connectivity index (χ1v) is 8.02. The summed E-state index contributed by atoms with van der Waals surface area (Å²) in [5.74, 6) is -1.35. The molecule has 0 spiro atoms. The molecule has 0 bridgehead atoms. The first-order chi connectivity index (χ1) is 12.5. The molecule has 0 aliphatic heterocycles. The van der Waals surface area contributed by atoms with Crippen LogP contribution < -0.4 is 5.32 Å². The Morgan fingerprint density at radius 1 is 1.23 bits per heavy atom. The highest BCUT2D eigenvalue weighted by molar-refractivity contribution is 5.92. The van der Waals surface area contributed by atoms with Crippen LogP contribution in [0.2, 0.25) is 0 Å². The van der Waals surface area contributed by atoms with Crippen molar-refractivity contribution in [3.63, 3.8) is 0 Å². The fraction of sp³-hybridized carbons (Fsp3) is 0.375. The van der Waals surface area contributed by atoms with Gasteiger partial charge in [0.2, 0.25) is 5.91 Å². The van der Waals surface area contributed by atoms with Gasteiger partial charge in [-0.3, -0.25) is 9.59 Å². The van der Waals surface area contributed by atoms with Crippen LogP contribution in [0.3, 0.4) is 0 Å². The number of tetrazole rings is 1. The van der Waals surface area contributed by atoms with Crippen molar-refractivity contribution < 1.29 is 19.1 Å². The molecule has 0 fully saturated rings. The van der Waals surface area contributed by atoms with E-state index in [1.807, 2.05) is 6.92 Å². The van der Waals surface area contributed by atoms with Crippen molar-refractivity contribution in [1.82, 2.24) is 30.4 Å². The molecule has 1 N–H and O–H groups in total. The molecular formula is C16H20N6O4. The monoisotopic (exact) mass is 360 g/mol. The summed E-state index contributed by atoms with van der Waals surface area (Å²) in [5, 5.41) is 13.5. The van der Waals surface area contributed by atoms with E-state index in [4.69, 9.17) is 4.74 Å². The summed E-state index contributed by atoms with van der Waals surface area (Å²) in [4.78, 5) is 36.7. The standard InChI is InChI=1S/C16H20N6O4/c1-3-8-17-14(23)9-21(2)15(24)10-26-16(25)12-4-6-13(7-5-12)22-11-18-19-20-22/h4-7,11H,3,8-10H2,1-2H3,(H,17,23). The highest BCUT2D eigenvalue weighted by Crippen LogP contribution is 2.09. The molecule has 2 aromatic rings. The van der Waals surface area contributed by atoms with Crippen LogP contribution in [-0.2, 0) is 14.3 Å². The Morgan fingerprint density at radius 2 is 1.96 bits per heavy atom. The molecule has 2 amide bonds. The van der Waals surface area contributed by atoms with E-state index in [0.717, 1.165) is 6.42 Å². The number of nitrogens with zero attached hydrogens (tertiary/aromatic N) is 5. The van der Waals surface area contributed by atoms with Crippen LogP contribution in [0.25, 0.3) is 5.69 Å². The summed E-state index contributed by atoms with van der Waals surface area (Å²) in [7, 11) is 1.47. The fourth-order valence-corrected chi connectivity index (χ4v) is 1.97. The third kappa shape index (κ3) is 5.36. The van der Waals surface area contributed by atoms with E-state index in [0.29, 0.717) is 12.2 Å². The number of carbonyl (C=O) groups is 3. The van der Waals surface area contributed by atoms with Gasteiger partial charge in [0.15, 0.2) is 6.61 Å². The summed E-state index contributed by atoms with van der Waals surface area (Å²) >= 11 is 0. The zero-order valence-electron chi connectivity index (χ0n) is 14.6. The number of amides is 2. The maximum Gasteiger partial charge on any atom is 0.338 e. The Kier molecular flexibility index (Phi) is 6.77. The second kappa shape index (κ2) is 9.25. The topological polar surface area (TPSA) is 119 Å². The largest absolute Gasteiger partial charge is 0.452 e. The minimum absolute atomic E-state index is 0.0863. The Hall–Kier alpha value is -3.30. The van der Waals surface area contributed by atoms with Crippen molar-refractivity contribution in [3.05, 3.63) is 36.2 Å². The molecule has 0 unspecified atom stereocenters. The Morgan fingerprint density at radius 3 is 2.58 bits per heavy atom. The van der Waals surface area contributed by atoms with Crippen LogP contribution in [-0.4, -0.2) is 69.6 Å². The highest BCUT2D eigenvalue weighted by Gasteiger charge is 2.16. The molecule has 0 saturated carbocycles. The second-order valence-electron chi connectivity index (χ2n) is 5.48. The van der Waals surface area contributed by atoms with Gasteiger partial charge in [0.25, 0.3) is 5.91 Å². The molecule has 0 aliphatic rings. The van der Waals surface area contributed by atoms with Gasteiger partial charge in [-0.1, -0.05) is 6.92 Å². The summed E-state index contributed by atoms with van der Waals surface area (Å²) < 4.78 is 6.44. The second-order valence-corrected chi connectivity index (χ2v) is 5.48. The number of nitrogens with one attached hydrogen (secondary N) is 1. The fourth-order valence-electron chi connectivity index (χ4n) is 1.97. The number of likely N-dealkylation sites (N-methyl/N-ethyl adjacent to an activating group) is 1. The van der Waals surface area contributed by atoms with Gasteiger partial charge < -0.3 is 15.0 Å². The van der Waals surface area contributed by atoms with Crippen LogP contribution in [0.15, 0.2) is 30.6 Å². The van der Waals surface area contributed by atoms with Gasteiger partial charge in [-0.15, -0.1) is 5.10 Å². The number of rotatable bonds is 8. The molecule has 26 heavy (non-hydrogen) atoms. The smallest absolute Gasteiger partial charge is 0.338 e. The lowest BCUT2D eigenvalue weighted by atomic mass is 10.2. The third-order valence-electron chi connectivity index (χ3n) is 3.42. The van der Waals surface area contributed by atoms with E-state index in [9.17, 15) is 14.4 Å². The molecule has 0 saturated heterocycles. The zero-order chi connectivity index (χ0) is 18.9. The minimum Gasteiger partial charge on any atom is -0.452 e. The van der Waals surface area contributed by atoms with Gasteiger partial charge in [-0.05, 0) is 41.1 Å². The molecule has 1 heterocycles. The van der Waals surface area contributed by atoms with E-state index in [-0.39, 0.29) is 18.0 Å². The molecule has 2 rings (SSSR count). The van der Waals surface area contributed by atoms with Gasteiger partial charge in [-0.2, -0.15) is 0 Å². The lowest BCUT2D eigenvalue weighted by Gasteiger charge is -2.16. The molecule has 0 atom stereocenters. The predicted molar refractivity (Wildman–Crippen MR) is 90.4 cm³/mol. The quantitative estimate of drug-likeness (QED) is 0.648. The molecule has 10 nitrogen and oxygen atoms in total. The molecule has 10 heteroatoms. The van der Waals surface area contributed by atoms with Gasteiger partial charge in [0, 0.05) is 13.6 Å². The molecule has 0 radical (unpaired) electrons. The number of benzene rings is 1. The zero-order valence-corrected chi connectivity index (χ0v) is 14.6. The summed E-state index contributed by atoms with van der Waals surface area (Å²) in [6.45, 7) is 1.96. The Balaban J connectivity index is 1.82. The van der Waals surface area contributed by atoms with Gasteiger partial charge in [0.1, 0.15) is 6.33 Å². The molecule has 0 aliphatic carbocycles. The van der Waals surface area contributed by atoms with E-state index in [1.54, 1.807) is 24.3 Å². The van der Waals surface area contributed by atoms with E-state index in [1.165, 1.54) is 23.0 Å². The van der Waals surface area contributed by atoms with E-state index in [2.05, 4.69) is 20.8 Å². The number of carbonyl (C=O) groups excluding carboxylic acids is 3. The normalized spacial score (nSPS) is 10.2. The molecule has 1 aromatic carbocycles. The van der Waals surface area contributed by atoms with Crippen LogP contribution in [0, 0.1) is 0 Å². The van der Waals surface area contributed by atoms with Crippen LogP contribution in [0.1, 0.15) is 23.7 Å². The summed E-state index contributed by atoms with van der Waals surface area (Å²) in [6, 6.07) is 6.40. The average molecular weight is 360 g/mol. The van der Waals surface area contributed by atoms with Crippen LogP contribution in [0.5, 0.6) is 0 Å². The van der Waals surface area contributed by atoms with Crippen LogP contribution >= 0.6 is 0 Å². The first kappa shape index (κ1) is 19.0. The Bertz CT molecular complexity index is 745. The number of hydrogen-bond acceptors (Lipinski definition) is 7. The van der Waals surface area contributed by atoms with Crippen molar-refractivity contribution in [1.29, 1.82) is 0 Å². The van der Waals surface area contributed by atoms with Gasteiger partial charge in [0.05, 0.1) is 17.8 Å². The number of ether oxygens (including phenoxy) is 1. The lowest BCUT2D eigenvalue weighted by molar-refractivity contribution is -0.137. The minimum atomic E-state index is -0.634. The molecule has 1 aromatic heterocycles. The van der Waals surface area contributed by atoms with Gasteiger partial charge in [-0.25, -0.2) is 9.48 Å². The SMILES string of the molecule is CCCNC(=O)CN(C)C(=O)COC(=O)c1ccc(-n2cnnn2)cc1. The van der Waals surface area contributed by atoms with E-state index < -0.39 is 18.5 Å². The van der Waals surface area contributed by atoms with Crippen molar-refractivity contribution in [2.45, 2.75) is 13.3 Å². The van der Waals surface area contributed by atoms with Crippen molar-refractivity contribution in [2.24, 2.45) is 0 Å². The van der Waals surface area contributed by atoms with Crippen LogP contribution in [0.4, 0.5) is 0 Å². The predicted octanol–water partition coefficient (Wildman–Crippen LogP) is -0.196. The lowest BCUT2D eigenvalue weighted by Crippen LogP contribution is -2.40. The average Bonchev–Trinajstić information content (AvgIpc) is 3.19. The summed E-state index contributed by atoms with van der Waals surface area (Å²) in [5.41, 5.74) is 0.971. The number of aromatic nitrogens is 4. The first-order valence-electron chi connectivity index (χ1n) is 8.02. The molecular weight excluding hydrogens is 340 g/mol. The number of hydrogen-bond donors (Lipinski definition) is 1. The van der Waals surface area contributed by atoms with Crippen molar-refractivity contribution in [3.8, 4) is 5.69 Å². The third-order valence-corrected chi connectivity index (χ3v) is 3.42. The molecule has 138 valence electrons. The van der Waals surface area contributed by atoms with E-state index >= 15 is 0 Å². The Labute approximate surface area is 150 Å². The van der Waals surface area contributed by atoms with Crippen molar-refractivity contribution in [2.75, 3.05) is 26.7 Å². The highest BCUT2D eigenvalue weighted by atomic mass is 16.5. The number of esters is 1. The van der Waals surface area contributed by atoms with Crippen molar-refractivity contribution >= 4 is 17.8 Å². The maximum absolute atomic E-state index is 12.0.